The van der Waals surface area contributed by atoms with E-state index in [0.717, 1.165) is 32.1 Å². The molecule has 2 aromatic carbocycles. The van der Waals surface area contributed by atoms with Crippen molar-refractivity contribution in [1.29, 1.82) is 5.41 Å². The molecule has 1 aliphatic carbocycles. The Balaban J connectivity index is 1.66. The van der Waals surface area contributed by atoms with E-state index in [1.165, 1.54) is 19.2 Å². The summed E-state index contributed by atoms with van der Waals surface area (Å²) >= 11 is 0. The van der Waals surface area contributed by atoms with E-state index in [9.17, 15) is 13.2 Å². The van der Waals surface area contributed by atoms with E-state index < -0.39 is 10.0 Å². The van der Waals surface area contributed by atoms with E-state index in [0.29, 0.717) is 35.8 Å². The molecule has 3 rings (SSSR count). The van der Waals surface area contributed by atoms with Crippen molar-refractivity contribution < 1.29 is 17.9 Å². The Morgan fingerprint density at radius 3 is 2.43 bits per heavy atom. The standard InChI is InChI=1S/C25H33N5O4S/c1-25(14-15-25)24(31)28-19-10-12-20(13-11-19)30-35(32,33)21-8-6-7-18(17-21)23(27)29-22(34-2)9-4-3-5-16-26/h6-8,10-13,17,27,30H,3-5,9,14-16,26H2,1-2H3,(H,28,31)/b27-23?,29-22-. The van der Waals surface area contributed by atoms with Crippen molar-refractivity contribution >= 4 is 39.0 Å². The zero-order valence-corrected chi connectivity index (χ0v) is 21.0. The molecule has 0 spiro atoms. The number of amides is 1. The molecule has 0 unspecified atom stereocenters. The highest BCUT2D eigenvalue weighted by molar-refractivity contribution is 7.92. The third-order valence-electron chi connectivity index (χ3n) is 5.93. The number of hydrogen-bond donors (Lipinski definition) is 4. The van der Waals surface area contributed by atoms with Crippen LogP contribution in [0.2, 0.25) is 0 Å². The molecule has 1 amide bonds. The molecule has 2 aromatic rings. The lowest BCUT2D eigenvalue weighted by Gasteiger charge is -2.12. The predicted octanol–water partition coefficient (Wildman–Crippen LogP) is 4.12. The van der Waals surface area contributed by atoms with Crippen molar-refractivity contribution in [3.63, 3.8) is 0 Å². The van der Waals surface area contributed by atoms with E-state index in [4.69, 9.17) is 15.9 Å². The number of aliphatic imine (C=N–C) groups is 1. The van der Waals surface area contributed by atoms with Crippen molar-refractivity contribution in [2.75, 3.05) is 23.7 Å². The molecular weight excluding hydrogens is 466 g/mol. The van der Waals surface area contributed by atoms with Gasteiger partial charge in [-0.05, 0) is 68.6 Å². The normalized spacial score (nSPS) is 14.8. The fraction of sp³-hybridized carbons (Fsp3) is 0.400. The number of ether oxygens (including phenoxy) is 1. The lowest BCUT2D eigenvalue weighted by molar-refractivity contribution is -0.120. The third-order valence-corrected chi connectivity index (χ3v) is 7.31. The number of amidine groups is 1. The number of nitrogens with one attached hydrogen (secondary N) is 3. The molecule has 0 bridgehead atoms. The largest absolute Gasteiger partial charge is 0.484 e. The Hall–Kier alpha value is -3.24. The maximum absolute atomic E-state index is 12.9. The second-order valence-corrected chi connectivity index (χ2v) is 10.6. The average Bonchev–Trinajstić information content (AvgIpc) is 3.60. The van der Waals surface area contributed by atoms with Crippen molar-refractivity contribution in [2.24, 2.45) is 16.1 Å². The second-order valence-electron chi connectivity index (χ2n) is 8.88. The Morgan fingerprint density at radius 1 is 1.11 bits per heavy atom. The second kappa shape index (κ2) is 11.5. The van der Waals surface area contributed by atoms with Crippen LogP contribution in [0.3, 0.4) is 0 Å². The summed E-state index contributed by atoms with van der Waals surface area (Å²) < 4.78 is 33.7. The van der Waals surface area contributed by atoms with Crippen LogP contribution in [0, 0.1) is 10.8 Å². The minimum Gasteiger partial charge on any atom is -0.484 e. The van der Waals surface area contributed by atoms with Crippen LogP contribution in [0.25, 0.3) is 0 Å². The fourth-order valence-electron chi connectivity index (χ4n) is 3.33. The fourth-order valence-corrected chi connectivity index (χ4v) is 4.44. The average molecular weight is 500 g/mol. The van der Waals surface area contributed by atoms with Gasteiger partial charge in [-0.1, -0.05) is 25.5 Å². The van der Waals surface area contributed by atoms with E-state index in [1.54, 1.807) is 36.4 Å². The Morgan fingerprint density at radius 2 is 1.80 bits per heavy atom. The summed E-state index contributed by atoms with van der Waals surface area (Å²) in [6.45, 7) is 2.55. The van der Waals surface area contributed by atoms with Crippen LogP contribution in [0.1, 0.15) is 51.0 Å². The van der Waals surface area contributed by atoms with Gasteiger partial charge in [0.25, 0.3) is 10.0 Å². The number of benzene rings is 2. The predicted molar refractivity (Wildman–Crippen MR) is 138 cm³/mol. The number of nitrogens with zero attached hydrogens (tertiary/aromatic N) is 1. The van der Waals surface area contributed by atoms with Gasteiger partial charge < -0.3 is 15.8 Å². The SMILES string of the molecule is CO/C(CCCCCN)=N\C(=N)c1cccc(S(=O)(=O)Nc2ccc(NC(=O)C3(C)CC3)cc2)c1. The van der Waals surface area contributed by atoms with Gasteiger partial charge in [-0.15, -0.1) is 0 Å². The first-order valence-corrected chi connectivity index (χ1v) is 13.1. The van der Waals surface area contributed by atoms with Crippen LogP contribution >= 0.6 is 0 Å². The monoisotopic (exact) mass is 499 g/mol. The molecule has 0 aromatic heterocycles. The van der Waals surface area contributed by atoms with Gasteiger partial charge >= 0.3 is 0 Å². The summed E-state index contributed by atoms with van der Waals surface area (Å²) in [6.07, 6.45) is 5.03. The summed E-state index contributed by atoms with van der Waals surface area (Å²) in [5, 5.41) is 11.2. The number of nitrogens with two attached hydrogens (primary N) is 1. The summed E-state index contributed by atoms with van der Waals surface area (Å²) in [5.41, 5.74) is 6.54. The molecule has 0 atom stereocenters. The van der Waals surface area contributed by atoms with Crippen LogP contribution in [-0.2, 0) is 19.6 Å². The molecule has 0 heterocycles. The molecule has 1 aliphatic rings. The molecule has 1 saturated carbocycles. The van der Waals surface area contributed by atoms with Crippen molar-refractivity contribution in [3.8, 4) is 0 Å². The lowest BCUT2D eigenvalue weighted by atomic mass is 10.1. The number of sulfonamides is 1. The van der Waals surface area contributed by atoms with Gasteiger partial charge in [-0.25, -0.2) is 8.42 Å². The molecular formula is C25H33N5O4S. The third kappa shape index (κ3) is 7.37. The van der Waals surface area contributed by atoms with E-state index in [-0.39, 0.29) is 22.1 Å². The summed E-state index contributed by atoms with van der Waals surface area (Å²) in [6, 6.07) is 12.5. The van der Waals surface area contributed by atoms with Crippen molar-refractivity contribution in [1.82, 2.24) is 0 Å². The maximum atomic E-state index is 12.9. The minimum absolute atomic E-state index is 0.0101. The van der Waals surface area contributed by atoms with Gasteiger partial charge in [0, 0.05) is 28.8 Å². The Bertz CT molecular complexity index is 1190. The lowest BCUT2D eigenvalue weighted by Crippen LogP contribution is -2.21. The number of rotatable bonds is 11. The van der Waals surface area contributed by atoms with Crippen LogP contribution in [0.4, 0.5) is 11.4 Å². The number of carbonyl (C=O) groups is 1. The summed E-state index contributed by atoms with van der Waals surface area (Å²) in [5.74, 6) is 0.309. The first-order chi connectivity index (χ1) is 16.7. The molecule has 5 N–H and O–H groups in total. The van der Waals surface area contributed by atoms with E-state index in [2.05, 4.69) is 15.0 Å². The van der Waals surface area contributed by atoms with Gasteiger partial charge in [-0.2, -0.15) is 4.99 Å². The molecule has 0 aliphatic heterocycles. The van der Waals surface area contributed by atoms with Gasteiger partial charge in [0.2, 0.25) is 5.91 Å². The highest BCUT2D eigenvalue weighted by Gasteiger charge is 2.44. The maximum Gasteiger partial charge on any atom is 0.261 e. The minimum atomic E-state index is -3.90. The van der Waals surface area contributed by atoms with Gasteiger partial charge in [-0.3, -0.25) is 14.9 Å². The quantitative estimate of drug-likeness (QED) is 0.209. The van der Waals surface area contributed by atoms with Crippen molar-refractivity contribution in [2.45, 2.75) is 50.3 Å². The zero-order valence-electron chi connectivity index (χ0n) is 20.1. The molecule has 9 nitrogen and oxygen atoms in total. The highest BCUT2D eigenvalue weighted by atomic mass is 32.2. The van der Waals surface area contributed by atoms with Gasteiger partial charge in [0.15, 0.2) is 11.7 Å². The smallest absolute Gasteiger partial charge is 0.261 e. The molecule has 10 heteroatoms. The summed E-state index contributed by atoms with van der Waals surface area (Å²) in [4.78, 5) is 16.4. The molecule has 0 saturated heterocycles. The number of unbranched alkanes of at least 4 members (excludes halogenated alkanes) is 2. The zero-order chi connectivity index (χ0) is 25.5. The summed E-state index contributed by atoms with van der Waals surface area (Å²) in [7, 11) is -2.40. The van der Waals surface area contributed by atoms with Crippen LogP contribution < -0.4 is 15.8 Å². The van der Waals surface area contributed by atoms with Gasteiger partial charge in [0.05, 0.1) is 12.0 Å². The first-order valence-electron chi connectivity index (χ1n) is 11.6. The van der Waals surface area contributed by atoms with Gasteiger partial charge in [0.1, 0.15) is 0 Å². The number of anilines is 2. The van der Waals surface area contributed by atoms with Crippen LogP contribution in [0.5, 0.6) is 0 Å². The van der Waals surface area contributed by atoms with Crippen molar-refractivity contribution in [3.05, 3.63) is 54.1 Å². The number of methoxy groups -OCH3 is 1. The number of carbonyl (C=O) groups excluding carboxylic acids is 1. The van der Waals surface area contributed by atoms with E-state index in [1.807, 2.05) is 6.92 Å². The molecule has 1 fully saturated rings. The van der Waals surface area contributed by atoms with Crippen LogP contribution in [0.15, 0.2) is 58.4 Å². The van der Waals surface area contributed by atoms with Crippen LogP contribution in [-0.4, -0.2) is 39.7 Å². The van der Waals surface area contributed by atoms with E-state index >= 15 is 0 Å². The highest BCUT2D eigenvalue weighted by Crippen LogP contribution is 2.45. The Labute approximate surface area is 206 Å². The molecule has 188 valence electrons. The molecule has 0 radical (unpaired) electrons. The topological polar surface area (TPSA) is 147 Å². The Kier molecular flexibility index (Phi) is 8.63. The molecule has 35 heavy (non-hydrogen) atoms. The number of hydrogen-bond acceptors (Lipinski definition) is 6. The first kappa shape index (κ1) is 26.4.